The minimum Gasteiger partial charge on any atom is -0.326 e. The Morgan fingerprint density at radius 3 is 2.56 bits per heavy atom. The van der Waals surface area contributed by atoms with Crippen LogP contribution < -0.4 is 10.8 Å². The van der Waals surface area contributed by atoms with Crippen LogP contribution in [0.5, 0.6) is 0 Å². The van der Waals surface area contributed by atoms with Gasteiger partial charge in [-0.25, -0.2) is 14.9 Å². The van der Waals surface area contributed by atoms with Crippen molar-refractivity contribution in [1.29, 1.82) is 0 Å². The van der Waals surface area contributed by atoms with Crippen LogP contribution in [0, 0.1) is 5.82 Å². The molecule has 6 nitrogen and oxygen atoms in total. The van der Waals surface area contributed by atoms with Crippen LogP contribution in [-0.4, -0.2) is 20.7 Å². The number of nitrogens with one attached hydrogen (secondary N) is 2. The van der Waals surface area contributed by atoms with Crippen molar-refractivity contribution in [2.24, 2.45) is 0 Å². The second-order valence-electron chi connectivity index (χ2n) is 6.87. The Morgan fingerprint density at radius 1 is 1.11 bits per heavy atom. The highest BCUT2D eigenvalue weighted by atomic mass is 19.1. The van der Waals surface area contributed by atoms with Gasteiger partial charge in [0.15, 0.2) is 0 Å². The molecule has 7 heteroatoms. The predicted molar refractivity (Wildman–Crippen MR) is 101 cm³/mol. The average Bonchev–Trinajstić information content (AvgIpc) is 3.05. The van der Waals surface area contributed by atoms with Crippen LogP contribution >= 0.6 is 0 Å². The summed E-state index contributed by atoms with van der Waals surface area (Å²) in [5.41, 5.74) is 4.27. The largest absolute Gasteiger partial charge is 0.326 e. The zero-order chi connectivity index (χ0) is 18.8. The summed E-state index contributed by atoms with van der Waals surface area (Å²) < 4.78 is 15.8. The van der Waals surface area contributed by atoms with Crippen molar-refractivity contribution in [3.8, 4) is 0 Å². The van der Waals surface area contributed by atoms with Crippen LogP contribution in [0.2, 0.25) is 0 Å². The number of anilines is 2. The summed E-state index contributed by atoms with van der Waals surface area (Å²) in [6, 6.07) is 11.8. The Morgan fingerprint density at radius 2 is 1.85 bits per heavy atom. The minimum absolute atomic E-state index is 0.304. The third kappa shape index (κ3) is 3.50. The van der Waals surface area contributed by atoms with E-state index in [9.17, 15) is 9.18 Å². The number of nitrogens with zero attached hydrogens (tertiary/aromatic N) is 2. The predicted octanol–water partition coefficient (Wildman–Crippen LogP) is 4.54. The van der Waals surface area contributed by atoms with Crippen molar-refractivity contribution < 1.29 is 14.4 Å². The standard InChI is InChI=1S/C20H21FN4O2/c21-14-8-11-18-17(12-14)23-20(25(18)16-4-2-1-3-5-16)22-15-9-6-13(7-10-15)19(26)24-27/h6-12,16,27H,1-5H2,(H,22,23)(H,24,26). The Hall–Kier alpha value is -2.93. The minimum atomic E-state index is -0.563. The van der Waals surface area contributed by atoms with Gasteiger partial charge < -0.3 is 9.88 Å². The SMILES string of the molecule is O=C(NO)c1ccc(Nc2nc3cc(F)ccc3n2C2CCCCC2)cc1. The number of carbonyl (C=O) groups is 1. The van der Waals surface area contributed by atoms with Crippen molar-refractivity contribution in [1.82, 2.24) is 15.0 Å². The molecule has 27 heavy (non-hydrogen) atoms. The Bertz CT molecular complexity index is 962. The van der Waals surface area contributed by atoms with E-state index in [-0.39, 0.29) is 5.82 Å². The number of rotatable bonds is 4. The molecule has 1 heterocycles. The van der Waals surface area contributed by atoms with Gasteiger partial charge in [-0.1, -0.05) is 19.3 Å². The van der Waals surface area contributed by atoms with Crippen molar-refractivity contribution >= 4 is 28.6 Å². The van der Waals surface area contributed by atoms with Gasteiger partial charge >= 0.3 is 0 Å². The molecule has 0 spiro atoms. The molecule has 1 saturated carbocycles. The molecule has 1 aliphatic carbocycles. The summed E-state index contributed by atoms with van der Waals surface area (Å²) in [6.45, 7) is 0. The van der Waals surface area contributed by atoms with E-state index in [2.05, 4.69) is 14.9 Å². The summed E-state index contributed by atoms with van der Waals surface area (Å²) in [6.07, 6.45) is 5.75. The second-order valence-corrected chi connectivity index (χ2v) is 6.87. The van der Waals surface area contributed by atoms with E-state index in [1.807, 2.05) is 0 Å². The first kappa shape index (κ1) is 17.5. The van der Waals surface area contributed by atoms with Crippen LogP contribution in [0.25, 0.3) is 11.0 Å². The summed E-state index contributed by atoms with van der Waals surface area (Å²) in [5.74, 6) is -0.199. The fourth-order valence-electron chi connectivity index (χ4n) is 3.77. The molecule has 3 N–H and O–H groups in total. The van der Waals surface area contributed by atoms with Crippen molar-refractivity contribution in [3.63, 3.8) is 0 Å². The van der Waals surface area contributed by atoms with E-state index in [1.165, 1.54) is 31.4 Å². The Labute approximate surface area is 156 Å². The number of carbonyl (C=O) groups excluding carboxylic acids is 1. The first-order valence-electron chi connectivity index (χ1n) is 9.15. The number of halogens is 1. The van der Waals surface area contributed by atoms with Gasteiger partial charge in [0.05, 0.1) is 11.0 Å². The number of benzene rings is 2. The maximum Gasteiger partial charge on any atom is 0.274 e. The lowest BCUT2D eigenvalue weighted by atomic mass is 9.95. The second kappa shape index (κ2) is 7.36. The van der Waals surface area contributed by atoms with Gasteiger partial charge in [-0.2, -0.15) is 0 Å². The molecule has 3 aromatic rings. The highest BCUT2D eigenvalue weighted by molar-refractivity contribution is 5.93. The molecule has 0 atom stereocenters. The zero-order valence-electron chi connectivity index (χ0n) is 14.8. The van der Waals surface area contributed by atoms with Gasteiger partial charge in [-0.05, 0) is 49.2 Å². The van der Waals surface area contributed by atoms with E-state index in [4.69, 9.17) is 5.21 Å². The molecule has 0 unspecified atom stereocenters. The highest BCUT2D eigenvalue weighted by Crippen LogP contribution is 2.35. The lowest BCUT2D eigenvalue weighted by Gasteiger charge is -2.25. The molecule has 1 aliphatic rings. The summed E-state index contributed by atoms with van der Waals surface area (Å²) >= 11 is 0. The van der Waals surface area contributed by atoms with E-state index < -0.39 is 5.91 Å². The quantitative estimate of drug-likeness (QED) is 0.466. The van der Waals surface area contributed by atoms with Gasteiger partial charge in [0.1, 0.15) is 5.82 Å². The number of hydrogen-bond donors (Lipinski definition) is 3. The number of hydrogen-bond acceptors (Lipinski definition) is 4. The maximum absolute atomic E-state index is 13.7. The summed E-state index contributed by atoms with van der Waals surface area (Å²) in [4.78, 5) is 16.1. The van der Waals surface area contributed by atoms with Crippen LogP contribution in [0.1, 0.15) is 48.5 Å². The fourth-order valence-corrected chi connectivity index (χ4v) is 3.77. The highest BCUT2D eigenvalue weighted by Gasteiger charge is 2.22. The van der Waals surface area contributed by atoms with Crippen molar-refractivity contribution in [2.45, 2.75) is 38.1 Å². The molecule has 1 amide bonds. The topological polar surface area (TPSA) is 79.2 Å². The lowest BCUT2D eigenvalue weighted by molar-refractivity contribution is 0.0706. The molecule has 1 aromatic heterocycles. The monoisotopic (exact) mass is 368 g/mol. The number of aromatic nitrogens is 2. The number of amides is 1. The number of hydroxylamine groups is 1. The van der Waals surface area contributed by atoms with Crippen LogP contribution in [0.4, 0.5) is 16.0 Å². The molecule has 2 aromatic carbocycles. The molecule has 1 fully saturated rings. The molecular formula is C20H21FN4O2. The maximum atomic E-state index is 13.7. The molecule has 4 rings (SSSR count). The van der Waals surface area contributed by atoms with E-state index >= 15 is 0 Å². The van der Waals surface area contributed by atoms with Crippen LogP contribution in [0.3, 0.4) is 0 Å². The third-order valence-corrected chi connectivity index (χ3v) is 5.10. The van der Waals surface area contributed by atoms with Crippen molar-refractivity contribution in [2.75, 3.05) is 5.32 Å². The van der Waals surface area contributed by atoms with Gasteiger partial charge in [0, 0.05) is 23.4 Å². The van der Waals surface area contributed by atoms with E-state index in [0.29, 0.717) is 23.1 Å². The van der Waals surface area contributed by atoms with Gasteiger partial charge in [-0.15, -0.1) is 0 Å². The average molecular weight is 368 g/mol. The van der Waals surface area contributed by atoms with Crippen molar-refractivity contribution in [3.05, 3.63) is 53.8 Å². The number of fused-ring (bicyclic) bond motifs is 1. The van der Waals surface area contributed by atoms with Gasteiger partial charge in [0.2, 0.25) is 5.95 Å². The van der Waals surface area contributed by atoms with E-state index in [0.717, 1.165) is 24.0 Å². The summed E-state index contributed by atoms with van der Waals surface area (Å²) in [5, 5.41) is 12.0. The van der Waals surface area contributed by atoms with Gasteiger partial charge in [-0.3, -0.25) is 10.0 Å². The molecule has 140 valence electrons. The van der Waals surface area contributed by atoms with E-state index in [1.54, 1.807) is 35.8 Å². The molecular weight excluding hydrogens is 347 g/mol. The Balaban J connectivity index is 1.70. The number of imidazole rings is 1. The normalized spacial score (nSPS) is 15.0. The smallest absolute Gasteiger partial charge is 0.274 e. The first-order valence-corrected chi connectivity index (χ1v) is 9.15. The summed E-state index contributed by atoms with van der Waals surface area (Å²) in [7, 11) is 0. The first-order chi connectivity index (χ1) is 13.2. The molecule has 0 saturated heterocycles. The third-order valence-electron chi connectivity index (χ3n) is 5.10. The lowest BCUT2D eigenvalue weighted by Crippen LogP contribution is -2.18. The van der Waals surface area contributed by atoms with Crippen LogP contribution in [-0.2, 0) is 0 Å². The molecule has 0 aliphatic heterocycles. The molecule has 0 radical (unpaired) electrons. The Kier molecular flexibility index (Phi) is 4.77. The van der Waals surface area contributed by atoms with Gasteiger partial charge in [0.25, 0.3) is 5.91 Å². The molecule has 0 bridgehead atoms. The zero-order valence-corrected chi connectivity index (χ0v) is 14.8. The fraction of sp³-hybridized carbons (Fsp3) is 0.300. The van der Waals surface area contributed by atoms with Crippen LogP contribution in [0.15, 0.2) is 42.5 Å².